The number of aromatic carboxylic acids is 2. The Morgan fingerprint density at radius 1 is 1.06 bits per heavy atom. The van der Waals surface area contributed by atoms with E-state index in [2.05, 4.69) is 5.32 Å². The van der Waals surface area contributed by atoms with Crippen molar-refractivity contribution in [3.63, 3.8) is 0 Å². The average molecular weight is 224 g/mol. The van der Waals surface area contributed by atoms with Crippen molar-refractivity contribution in [3.8, 4) is 0 Å². The predicted molar refractivity (Wildman–Crippen MR) is 53.6 cm³/mol. The van der Waals surface area contributed by atoms with Gasteiger partial charge in [-0.2, -0.15) is 0 Å². The van der Waals surface area contributed by atoms with Gasteiger partial charge in [0, 0.05) is 5.69 Å². The summed E-state index contributed by atoms with van der Waals surface area (Å²) in [5, 5.41) is 19.6. The summed E-state index contributed by atoms with van der Waals surface area (Å²) in [7, 11) is 0. The van der Waals surface area contributed by atoms with Crippen molar-refractivity contribution in [2.75, 3.05) is 5.32 Å². The minimum absolute atomic E-state index is 0.120. The van der Waals surface area contributed by atoms with Crippen LogP contribution in [-0.2, 0) is 0 Å². The van der Waals surface area contributed by atoms with Gasteiger partial charge in [0.15, 0.2) is 0 Å². The first kappa shape index (κ1) is 11.5. The maximum absolute atomic E-state index is 10.8. The van der Waals surface area contributed by atoms with Gasteiger partial charge in [0.2, 0.25) is 0 Å². The van der Waals surface area contributed by atoms with Gasteiger partial charge in [0.1, 0.15) is 0 Å². The summed E-state index contributed by atoms with van der Waals surface area (Å²) < 4.78 is 0. The molecule has 7 nitrogen and oxygen atoms in total. The number of urea groups is 1. The fourth-order valence-electron chi connectivity index (χ4n) is 1.13. The van der Waals surface area contributed by atoms with E-state index in [4.69, 9.17) is 15.9 Å². The molecular formula is C9H8N2O5. The molecule has 0 unspecified atom stereocenters. The third kappa shape index (κ3) is 2.47. The van der Waals surface area contributed by atoms with Crippen molar-refractivity contribution >= 4 is 23.7 Å². The number of nitrogens with two attached hydrogens (primary N) is 1. The summed E-state index contributed by atoms with van der Waals surface area (Å²) in [5.41, 5.74) is 4.18. The topological polar surface area (TPSA) is 130 Å². The zero-order valence-corrected chi connectivity index (χ0v) is 7.93. The number of hydrogen-bond acceptors (Lipinski definition) is 3. The number of carboxylic acids is 2. The standard InChI is InChI=1S/C9H8N2O5/c10-9(16)11-4-1-2-5(7(12)13)6(3-4)8(14)15/h1-3H,(H,12,13)(H,14,15)(H3,10,11,16). The molecule has 16 heavy (non-hydrogen) atoms. The largest absolute Gasteiger partial charge is 0.478 e. The highest BCUT2D eigenvalue weighted by Gasteiger charge is 2.16. The molecule has 0 saturated carbocycles. The SMILES string of the molecule is NC(=O)Nc1ccc(C(=O)O)c(C(=O)O)c1. The molecule has 0 spiro atoms. The Balaban J connectivity index is 3.22. The molecule has 0 atom stereocenters. The number of carbonyl (C=O) groups excluding carboxylic acids is 1. The number of amides is 2. The molecule has 0 radical (unpaired) electrons. The number of nitrogens with one attached hydrogen (secondary N) is 1. The Morgan fingerprint density at radius 2 is 1.62 bits per heavy atom. The number of primary amides is 1. The summed E-state index contributed by atoms with van der Waals surface area (Å²) >= 11 is 0. The van der Waals surface area contributed by atoms with Crippen LogP contribution in [0.5, 0.6) is 0 Å². The maximum Gasteiger partial charge on any atom is 0.336 e. The lowest BCUT2D eigenvalue weighted by Crippen LogP contribution is -2.20. The van der Waals surface area contributed by atoms with Crippen LogP contribution in [0.25, 0.3) is 0 Å². The summed E-state index contributed by atoms with van der Waals surface area (Å²) in [6.07, 6.45) is 0. The number of rotatable bonds is 3. The molecule has 0 saturated heterocycles. The Kier molecular flexibility index (Phi) is 3.09. The predicted octanol–water partition coefficient (Wildman–Crippen LogP) is 0.574. The number of carbonyl (C=O) groups is 3. The van der Waals surface area contributed by atoms with Gasteiger partial charge in [-0.1, -0.05) is 0 Å². The lowest BCUT2D eigenvalue weighted by molar-refractivity contribution is 0.0651. The van der Waals surface area contributed by atoms with Gasteiger partial charge in [-0.05, 0) is 18.2 Å². The number of anilines is 1. The van der Waals surface area contributed by atoms with Gasteiger partial charge in [-0.25, -0.2) is 14.4 Å². The smallest absolute Gasteiger partial charge is 0.336 e. The first-order valence-corrected chi connectivity index (χ1v) is 4.09. The Labute approximate surface area is 89.5 Å². The van der Waals surface area contributed by atoms with E-state index < -0.39 is 23.5 Å². The van der Waals surface area contributed by atoms with Gasteiger partial charge in [0.05, 0.1) is 11.1 Å². The lowest BCUT2D eigenvalue weighted by Gasteiger charge is -2.05. The first-order chi connectivity index (χ1) is 7.41. The zero-order chi connectivity index (χ0) is 12.3. The van der Waals surface area contributed by atoms with Gasteiger partial charge >= 0.3 is 18.0 Å². The highest BCUT2D eigenvalue weighted by molar-refractivity contribution is 6.03. The van der Waals surface area contributed by atoms with Crippen LogP contribution in [0.15, 0.2) is 18.2 Å². The Morgan fingerprint density at radius 3 is 2.06 bits per heavy atom. The molecule has 0 aliphatic carbocycles. The van der Waals surface area contributed by atoms with Crippen LogP contribution in [0.2, 0.25) is 0 Å². The molecule has 84 valence electrons. The number of carboxylic acid groups (broad SMARTS) is 2. The summed E-state index contributed by atoms with van der Waals surface area (Å²) in [4.78, 5) is 32.0. The van der Waals surface area contributed by atoms with Crippen LogP contribution < -0.4 is 11.1 Å². The van der Waals surface area contributed by atoms with Crippen molar-refractivity contribution in [2.45, 2.75) is 0 Å². The van der Waals surface area contributed by atoms with Crippen molar-refractivity contribution in [2.24, 2.45) is 5.73 Å². The third-order valence-electron chi connectivity index (χ3n) is 1.75. The van der Waals surface area contributed by atoms with Crippen LogP contribution in [0.1, 0.15) is 20.7 Å². The molecule has 0 aliphatic heterocycles. The van der Waals surface area contributed by atoms with E-state index in [1.54, 1.807) is 0 Å². The van der Waals surface area contributed by atoms with E-state index in [0.717, 1.165) is 12.1 Å². The van der Waals surface area contributed by atoms with E-state index in [1.807, 2.05) is 0 Å². The van der Waals surface area contributed by atoms with Gasteiger partial charge in [-0.3, -0.25) is 0 Å². The molecule has 0 fully saturated rings. The number of hydrogen-bond donors (Lipinski definition) is 4. The van der Waals surface area contributed by atoms with E-state index in [1.165, 1.54) is 6.07 Å². The van der Waals surface area contributed by atoms with Crippen molar-refractivity contribution in [1.29, 1.82) is 0 Å². The van der Waals surface area contributed by atoms with Crippen molar-refractivity contribution in [1.82, 2.24) is 0 Å². The monoisotopic (exact) mass is 224 g/mol. The highest BCUT2D eigenvalue weighted by Crippen LogP contribution is 2.16. The van der Waals surface area contributed by atoms with E-state index in [0.29, 0.717) is 0 Å². The second-order valence-electron chi connectivity index (χ2n) is 2.86. The molecule has 0 bridgehead atoms. The fourth-order valence-corrected chi connectivity index (χ4v) is 1.13. The molecule has 5 N–H and O–H groups in total. The van der Waals surface area contributed by atoms with Crippen LogP contribution in [0.3, 0.4) is 0 Å². The summed E-state index contributed by atoms with van der Waals surface area (Å²) in [5.74, 6) is -2.76. The van der Waals surface area contributed by atoms with Crippen LogP contribution in [0, 0.1) is 0 Å². The second-order valence-corrected chi connectivity index (χ2v) is 2.86. The minimum Gasteiger partial charge on any atom is -0.478 e. The molecule has 1 rings (SSSR count). The van der Waals surface area contributed by atoms with Gasteiger partial charge in [0.25, 0.3) is 0 Å². The number of benzene rings is 1. The van der Waals surface area contributed by atoms with Gasteiger partial charge < -0.3 is 21.3 Å². The first-order valence-electron chi connectivity index (χ1n) is 4.09. The quantitative estimate of drug-likeness (QED) is 0.596. The average Bonchev–Trinajstić information content (AvgIpc) is 2.16. The molecule has 7 heteroatoms. The van der Waals surface area contributed by atoms with Crippen LogP contribution >= 0.6 is 0 Å². The van der Waals surface area contributed by atoms with Gasteiger partial charge in [-0.15, -0.1) is 0 Å². The summed E-state index contributed by atoms with van der Waals surface area (Å²) in [6.45, 7) is 0. The zero-order valence-electron chi connectivity index (χ0n) is 7.93. The molecule has 0 aromatic heterocycles. The molecule has 1 aromatic carbocycles. The van der Waals surface area contributed by atoms with E-state index >= 15 is 0 Å². The molecule has 0 aliphatic rings. The minimum atomic E-state index is -1.40. The second kappa shape index (κ2) is 4.30. The Hall–Kier alpha value is -2.57. The third-order valence-corrected chi connectivity index (χ3v) is 1.75. The van der Waals surface area contributed by atoms with Crippen LogP contribution in [0.4, 0.5) is 10.5 Å². The maximum atomic E-state index is 10.8. The van der Waals surface area contributed by atoms with E-state index in [-0.39, 0.29) is 11.3 Å². The lowest BCUT2D eigenvalue weighted by atomic mass is 10.1. The highest BCUT2D eigenvalue weighted by atomic mass is 16.4. The molecular weight excluding hydrogens is 216 g/mol. The van der Waals surface area contributed by atoms with Crippen molar-refractivity contribution in [3.05, 3.63) is 29.3 Å². The van der Waals surface area contributed by atoms with Crippen LogP contribution in [-0.4, -0.2) is 28.2 Å². The molecule has 0 heterocycles. The van der Waals surface area contributed by atoms with Crippen molar-refractivity contribution < 1.29 is 24.6 Å². The van der Waals surface area contributed by atoms with E-state index in [9.17, 15) is 14.4 Å². The molecule has 2 amide bonds. The fraction of sp³-hybridized carbons (Fsp3) is 0. The molecule has 1 aromatic rings. The normalized spacial score (nSPS) is 9.50. The summed E-state index contributed by atoms with van der Waals surface area (Å²) in [6, 6.07) is 2.49. The Bertz CT molecular complexity index is 469.